The summed E-state index contributed by atoms with van der Waals surface area (Å²) in [5, 5.41) is 6.03. The van der Waals surface area contributed by atoms with Crippen LogP contribution >= 0.6 is 0 Å². The molecule has 2 aromatic rings. The molecule has 0 aromatic heterocycles. The van der Waals surface area contributed by atoms with Crippen LogP contribution in [0.2, 0.25) is 0 Å². The van der Waals surface area contributed by atoms with Gasteiger partial charge in [-0.15, -0.1) is 0 Å². The van der Waals surface area contributed by atoms with Gasteiger partial charge in [-0.05, 0) is 42.5 Å². The monoisotopic (exact) mass is 364 g/mol. The molecule has 1 aliphatic rings. The standard InChI is InChI=1S/C23H28N2O2/c1-2-17-12-14-18(15-13-17)16-22(26)25-21-11-7-6-10-20(21)23(27)24-19-8-4-3-5-9-19/h6-7,10-15,19H,2-5,8-9,16H2,1H3,(H,24,27)(H,25,26). The number of nitrogens with one attached hydrogen (secondary N) is 2. The lowest BCUT2D eigenvalue weighted by Crippen LogP contribution is -2.36. The van der Waals surface area contributed by atoms with E-state index in [1.165, 1.54) is 24.8 Å². The summed E-state index contributed by atoms with van der Waals surface area (Å²) in [6.07, 6.45) is 6.93. The van der Waals surface area contributed by atoms with Crippen LogP contribution in [-0.4, -0.2) is 17.9 Å². The van der Waals surface area contributed by atoms with Gasteiger partial charge in [0.25, 0.3) is 5.91 Å². The molecule has 1 fully saturated rings. The molecule has 0 spiro atoms. The van der Waals surface area contributed by atoms with E-state index in [0.717, 1.165) is 24.8 Å². The van der Waals surface area contributed by atoms with Gasteiger partial charge in [0.2, 0.25) is 5.91 Å². The fraction of sp³-hybridized carbons (Fsp3) is 0.391. The first-order valence-electron chi connectivity index (χ1n) is 9.93. The van der Waals surface area contributed by atoms with E-state index in [-0.39, 0.29) is 17.9 Å². The van der Waals surface area contributed by atoms with E-state index in [0.29, 0.717) is 17.7 Å². The summed E-state index contributed by atoms with van der Waals surface area (Å²) in [5.41, 5.74) is 3.32. The van der Waals surface area contributed by atoms with E-state index in [1.807, 2.05) is 36.4 Å². The Hall–Kier alpha value is -2.62. The number of amides is 2. The van der Waals surface area contributed by atoms with Gasteiger partial charge in [-0.1, -0.05) is 62.6 Å². The average molecular weight is 364 g/mol. The van der Waals surface area contributed by atoms with Crippen LogP contribution in [0.3, 0.4) is 0 Å². The van der Waals surface area contributed by atoms with E-state index in [1.54, 1.807) is 12.1 Å². The Morgan fingerprint density at radius 2 is 1.59 bits per heavy atom. The molecule has 142 valence electrons. The van der Waals surface area contributed by atoms with Crippen molar-refractivity contribution in [3.8, 4) is 0 Å². The van der Waals surface area contributed by atoms with Gasteiger partial charge in [-0.3, -0.25) is 9.59 Å². The van der Waals surface area contributed by atoms with Gasteiger partial charge < -0.3 is 10.6 Å². The van der Waals surface area contributed by atoms with E-state index >= 15 is 0 Å². The lowest BCUT2D eigenvalue weighted by molar-refractivity contribution is -0.115. The molecule has 0 aliphatic heterocycles. The number of hydrogen-bond acceptors (Lipinski definition) is 2. The Labute approximate surface area is 161 Å². The van der Waals surface area contributed by atoms with Gasteiger partial charge in [0.05, 0.1) is 17.7 Å². The maximum atomic E-state index is 12.7. The van der Waals surface area contributed by atoms with Crippen LogP contribution in [0, 0.1) is 0 Å². The summed E-state index contributed by atoms with van der Waals surface area (Å²) in [6, 6.07) is 15.5. The van der Waals surface area contributed by atoms with Crippen molar-refractivity contribution in [2.45, 2.75) is 57.9 Å². The van der Waals surface area contributed by atoms with Crippen molar-refractivity contribution in [3.63, 3.8) is 0 Å². The van der Waals surface area contributed by atoms with Gasteiger partial charge in [-0.2, -0.15) is 0 Å². The van der Waals surface area contributed by atoms with Crippen molar-refractivity contribution in [1.82, 2.24) is 5.32 Å². The highest BCUT2D eigenvalue weighted by Crippen LogP contribution is 2.20. The minimum Gasteiger partial charge on any atom is -0.349 e. The third-order valence-corrected chi connectivity index (χ3v) is 5.18. The van der Waals surface area contributed by atoms with Gasteiger partial charge in [0.15, 0.2) is 0 Å². The molecule has 2 N–H and O–H groups in total. The second-order valence-corrected chi connectivity index (χ2v) is 7.25. The highest BCUT2D eigenvalue weighted by molar-refractivity contribution is 6.04. The predicted octanol–water partition coefficient (Wildman–Crippen LogP) is 4.49. The zero-order valence-corrected chi connectivity index (χ0v) is 16.0. The van der Waals surface area contributed by atoms with Gasteiger partial charge in [0.1, 0.15) is 0 Å². The minimum absolute atomic E-state index is 0.106. The first kappa shape index (κ1) is 19.2. The van der Waals surface area contributed by atoms with Gasteiger partial charge in [0, 0.05) is 6.04 Å². The minimum atomic E-state index is -0.114. The van der Waals surface area contributed by atoms with E-state index in [9.17, 15) is 9.59 Å². The molecule has 0 heterocycles. The molecule has 1 aliphatic carbocycles. The lowest BCUT2D eigenvalue weighted by Gasteiger charge is -2.23. The van der Waals surface area contributed by atoms with Crippen molar-refractivity contribution < 1.29 is 9.59 Å². The van der Waals surface area contributed by atoms with Crippen molar-refractivity contribution in [3.05, 3.63) is 65.2 Å². The molecular formula is C23H28N2O2. The molecule has 4 nitrogen and oxygen atoms in total. The molecule has 2 amide bonds. The van der Waals surface area contributed by atoms with Crippen molar-refractivity contribution in [2.24, 2.45) is 0 Å². The van der Waals surface area contributed by atoms with Crippen molar-refractivity contribution >= 4 is 17.5 Å². The molecule has 2 aromatic carbocycles. The number of aryl methyl sites for hydroxylation is 1. The van der Waals surface area contributed by atoms with Gasteiger partial charge in [-0.25, -0.2) is 0 Å². The maximum Gasteiger partial charge on any atom is 0.253 e. The Kier molecular flexibility index (Phi) is 6.64. The molecule has 0 unspecified atom stereocenters. The van der Waals surface area contributed by atoms with Crippen molar-refractivity contribution in [2.75, 3.05) is 5.32 Å². The summed E-state index contributed by atoms with van der Waals surface area (Å²) in [5.74, 6) is -0.220. The molecule has 4 heteroatoms. The average Bonchev–Trinajstić information content (AvgIpc) is 2.69. The summed E-state index contributed by atoms with van der Waals surface area (Å²) in [6.45, 7) is 2.11. The molecule has 1 saturated carbocycles. The van der Waals surface area contributed by atoms with Crippen LogP contribution < -0.4 is 10.6 Å². The number of anilines is 1. The zero-order valence-electron chi connectivity index (χ0n) is 16.0. The third-order valence-electron chi connectivity index (χ3n) is 5.18. The topological polar surface area (TPSA) is 58.2 Å². The number of carbonyl (C=O) groups is 2. The Morgan fingerprint density at radius 1 is 0.926 bits per heavy atom. The highest BCUT2D eigenvalue weighted by Gasteiger charge is 2.19. The molecule has 0 bridgehead atoms. The molecule has 0 saturated heterocycles. The number of benzene rings is 2. The second-order valence-electron chi connectivity index (χ2n) is 7.25. The number of para-hydroxylation sites is 1. The summed E-state index contributed by atoms with van der Waals surface area (Å²) in [4.78, 5) is 25.1. The summed E-state index contributed by atoms with van der Waals surface area (Å²) in [7, 11) is 0. The van der Waals surface area contributed by atoms with Crippen LogP contribution in [0.5, 0.6) is 0 Å². The van der Waals surface area contributed by atoms with E-state index in [4.69, 9.17) is 0 Å². The van der Waals surface area contributed by atoms with Crippen LogP contribution in [0.15, 0.2) is 48.5 Å². The normalized spacial score (nSPS) is 14.6. The molecular weight excluding hydrogens is 336 g/mol. The van der Waals surface area contributed by atoms with E-state index in [2.05, 4.69) is 17.6 Å². The fourth-order valence-corrected chi connectivity index (χ4v) is 3.57. The Balaban J connectivity index is 1.63. The first-order chi connectivity index (χ1) is 13.2. The highest BCUT2D eigenvalue weighted by atomic mass is 16.2. The number of hydrogen-bond donors (Lipinski definition) is 2. The maximum absolute atomic E-state index is 12.7. The van der Waals surface area contributed by atoms with Crippen LogP contribution in [0.1, 0.15) is 60.5 Å². The molecule has 0 radical (unpaired) electrons. The molecule has 27 heavy (non-hydrogen) atoms. The summed E-state index contributed by atoms with van der Waals surface area (Å²) < 4.78 is 0. The second kappa shape index (κ2) is 9.36. The summed E-state index contributed by atoms with van der Waals surface area (Å²) >= 11 is 0. The fourth-order valence-electron chi connectivity index (χ4n) is 3.57. The van der Waals surface area contributed by atoms with Crippen LogP contribution in [0.25, 0.3) is 0 Å². The quantitative estimate of drug-likeness (QED) is 0.793. The Bertz CT molecular complexity index is 777. The smallest absolute Gasteiger partial charge is 0.253 e. The molecule has 3 rings (SSSR count). The van der Waals surface area contributed by atoms with E-state index < -0.39 is 0 Å². The van der Waals surface area contributed by atoms with Crippen LogP contribution in [0.4, 0.5) is 5.69 Å². The lowest BCUT2D eigenvalue weighted by atomic mass is 9.95. The van der Waals surface area contributed by atoms with Crippen LogP contribution in [-0.2, 0) is 17.6 Å². The first-order valence-corrected chi connectivity index (χ1v) is 9.93. The number of carbonyl (C=O) groups excluding carboxylic acids is 2. The van der Waals surface area contributed by atoms with Crippen molar-refractivity contribution in [1.29, 1.82) is 0 Å². The Morgan fingerprint density at radius 3 is 2.30 bits per heavy atom. The zero-order chi connectivity index (χ0) is 19.1. The molecule has 0 atom stereocenters. The predicted molar refractivity (Wildman–Crippen MR) is 109 cm³/mol. The van der Waals surface area contributed by atoms with Gasteiger partial charge >= 0.3 is 0 Å². The number of rotatable bonds is 6. The third kappa shape index (κ3) is 5.43. The SMILES string of the molecule is CCc1ccc(CC(=O)Nc2ccccc2C(=O)NC2CCCCC2)cc1. The largest absolute Gasteiger partial charge is 0.349 e.